The van der Waals surface area contributed by atoms with Gasteiger partial charge in [0.15, 0.2) is 0 Å². The second kappa shape index (κ2) is 7.00. The number of aromatic nitrogens is 1. The molecule has 3 heteroatoms. The molecule has 100 valence electrons. The minimum Gasteiger partial charge on any atom is -0.313 e. The van der Waals surface area contributed by atoms with E-state index in [1.165, 1.54) is 11.6 Å². The zero-order valence-corrected chi connectivity index (χ0v) is 11.2. The zero-order valence-electron chi connectivity index (χ0n) is 11.2. The van der Waals surface area contributed by atoms with Crippen LogP contribution in [0.3, 0.4) is 0 Å². The molecular formula is C16H19FN2. The van der Waals surface area contributed by atoms with Crippen molar-refractivity contribution >= 4 is 0 Å². The molecule has 0 spiro atoms. The van der Waals surface area contributed by atoms with E-state index in [1.807, 2.05) is 18.2 Å². The summed E-state index contributed by atoms with van der Waals surface area (Å²) in [5, 5.41) is 3.33. The SMILES string of the molecule is CCCNCc1cc(F)ccc1Cc1ccncc1. The number of benzene rings is 1. The predicted octanol–water partition coefficient (Wildman–Crippen LogP) is 3.31. The van der Waals surface area contributed by atoms with Gasteiger partial charge in [-0.2, -0.15) is 0 Å². The quantitative estimate of drug-likeness (QED) is 0.804. The summed E-state index contributed by atoms with van der Waals surface area (Å²) in [5.74, 6) is -0.174. The van der Waals surface area contributed by atoms with Gasteiger partial charge in [0.2, 0.25) is 0 Å². The molecule has 0 aliphatic rings. The fraction of sp³-hybridized carbons (Fsp3) is 0.312. The molecule has 1 heterocycles. The van der Waals surface area contributed by atoms with Crippen LogP contribution in [0.15, 0.2) is 42.7 Å². The summed E-state index contributed by atoms with van der Waals surface area (Å²) < 4.78 is 13.4. The van der Waals surface area contributed by atoms with E-state index in [1.54, 1.807) is 18.5 Å². The highest BCUT2D eigenvalue weighted by atomic mass is 19.1. The normalized spacial score (nSPS) is 10.6. The average molecular weight is 258 g/mol. The maximum atomic E-state index is 13.4. The first kappa shape index (κ1) is 13.7. The minimum atomic E-state index is -0.174. The second-order valence-corrected chi connectivity index (χ2v) is 4.62. The lowest BCUT2D eigenvalue weighted by molar-refractivity contribution is 0.617. The van der Waals surface area contributed by atoms with Gasteiger partial charge in [-0.15, -0.1) is 0 Å². The van der Waals surface area contributed by atoms with Gasteiger partial charge in [0, 0.05) is 18.9 Å². The van der Waals surface area contributed by atoms with Crippen molar-refractivity contribution < 1.29 is 4.39 Å². The third-order valence-corrected chi connectivity index (χ3v) is 3.05. The number of hydrogen-bond acceptors (Lipinski definition) is 2. The molecule has 0 radical (unpaired) electrons. The van der Waals surface area contributed by atoms with E-state index < -0.39 is 0 Å². The Kier molecular flexibility index (Phi) is 5.04. The topological polar surface area (TPSA) is 24.9 Å². The molecule has 2 nitrogen and oxygen atoms in total. The minimum absolute atomic E-state index is 0.174. The van der Waals surface area contributed by atoms with E-state index in [2.05, 4.69) is 17.2 Å². The van der Waals surface area contributed by atoms with Gasteiger partial charge < -0.3 is 5.32 Å². The van der Waals surface area contributed by atoms with Crippen LogP contribution < -0.4 is 5.32 Å². The molecule has 0 aliphatic heterocycles. The Morgan fingerprint density at radius 1 is 1.11 bits per heavy atom. The van der Waals surface area contributed by atoms with E-state index >= 15 is 0 Å². The molecule has 0 atom stereocenters. The zero-order chi connectivity index (χ0) is 13.5. The number of nitrogens with zero attached hydrogens (tertiary/aromatic N) is 1. The number of nitrogens with one attached hydrogen (secondary N) is 1. The molecular weight excluding hydrogens is 239 g/mol. The first-order chi connectivity index (χ1) is 9.29. The summed E-state index contributed by atoms with van der Waals surface area (Å²) in [6.07, 6.45) is 5.46. The van der Waals surface area contributed by atoms with Gasteiger partial charge >= 0.3 is 0 Å². The van der Waals surface area contributed by atoms with Crippen molar-refractivity contribution in [3.8, 4) is 0 Å². The predicted molar refractivity (Wildman–Crippen MR) is 75.4 cm³/mol. The summed E-state index contributed by atoms with van der Waals surface area (Å²) in [4.78, 5) is 4.01. The smallest absolute Gasteiger partial charge is 0.123 e. The van der Waals surface area contributed by atoms with E-state index in [0.717, 1.165) is 30.5 Å². The summed E-state index contributed by atoms with van der Waals surface area (Å²) in [5.41, 5.74) is 3.39. The largest absolute Gasteiger partial charge is 0.313 e. The molecule has 2 rings (SSSR count). The third-order valence-electron chi connectivity index (χ3n) is 3.05. The lowest BCUT2D eigenvalue weighted by Crippen LogP contribution is -2.15. The lowest BCUT2D eigenvalue weighted by atomic mass is 10.00. The fourth-order valence-electron chi connectivity index (χ4n) is 2.05. The average Bonchev–Trinajstić information content (AvgIpc) is 2.43. The monoisotopic (exact) mass is 258 g/mol. The molecule has 0 unspecified atom stereocenters. The Hall–Kier alpha value is -1.74. The van der Waals surface area contributed by atoms with Crippen LogP contribution >= 0.6 is 0 Å². The molecule has 1 N–H and O–H groups in total. The third kappa shape index (κ3) is 4.14. The summed E-state index contributed by atoms with van der Waals surface area (Å²) in [6.45, 7) is 3.79. The molecule has 0 saturated heterocycles. The standard InChI is InChI=1S/C16H19FN2/c1-2-7-19-12-15-11-16(17)4-3-14(15)10-13-5-8-18-9-6-13/h3-6,8-9,11,19H,2,7,10,12H2,1H3. The lowest BCUT2D eigenvalue weighted by Gasteiger charge is -2.11. The number of halogens is 1. The van der Waals surface area contributed by atoms with Gasteiger partial charge in [-0.1, -0.05) is 13.0 Å². The first-order valence-corrected chi connectivity index (χ1v) is 6.66. The summed E-state index contributed by atoms with van der Waals surface area (Å²) >= 11 is 0. The van der Waals surface area contributed by atoms with Crippen molar-refractivity contribution in [2.75, 3.05) is 6.54 Å². The van der Waals surface area contributed by atoms with E-state index in [9.17, 15) is 4.39 Å². The molecule has 0 amide bonds. The molecule has 2 aromatic rings. The van der Waals surface area contributed by atoms with Crippen LogP contribution in [-0.2, 0) is 13.0 Å². The van der Waals surface area contributed by atoms with Crippen molar-refractivity contribution in [3.05, 3.63) is 65.2 Å². The van der Waals surface area contributed by atoms with E-state index in [4.69, 9.17) is 0 Å². The summed E-state index contributed by atoms with van der Waals surface area (Å²) in [6, 6.07) is 9.01. The van der Waals surface area contributed by atoms with Crippen LogP contribution in [-0.4, -0.2) is 11.5 Å². The van der Waals surface area contributed by atoms with Crippen molar-refractivity contribution in [2.45, 2.75) is 26.3 Å². The van der Waals surface area contributed by atoms with Crippen LogP contribution in [0.4, 0.5) is 4.39 Å². The van der Waals surface area contributed by atoms with Crippen LogP contribution in [0.2, 0.25) is 0 Å². The fourth-order valence-corrected chi connectivity index (χ4v) is 2.05. The molecule has 0 fully saturated rings. The molecule has 0 saturated carbocycles. The number of pyridine rings is 1. The molecule has 0 bridgehead atoms. The van der Waals surface area contributed by atoms with Crippen molar-refractivity contribution in [1.29, 1.82) is 0 Å². The molecule has 1 aromatic carbocycles. The van der Waals surface area contributed by atoms with Crippen LogP contribution in [0.25, 0.3) is 0 Å². The van der Waals surface area contributed by atoms with Gasteiger partial charge in [0.05, 0.1) is 0 Å². The molecule has 0 aliphatic carbocycles. The Bertz CT molecular complexity index is 511. The van der Waals surface area contributed by atoms with Crippen molar-refractivity contribution in [3.63, 3.8) is 0 Å². The Labute approximate surface area is 113 Å². The first-order valence-electron chi connectivity index (χ1n) is 6.66. The molecule has 1 aromatic heterocycles. The Morgan fingerprint density at radius 2 is 1.89 bits per heavy atom. The highest BCUT2D eigenvalue weighted by Gasteiger charge is 2.05. The van der Waals surface area contributed by atoms with Crippen LogP contribution in [0.5, 0.6) is 0 Å². The van der Waals surface area contributed by atoms with Gasteiger partial charge in [-0.05, 0) is 60.3 Å². The van der Waals surface area contributed by atoms with Crippen molar-refractivity contribution in [1.82, 2.24) is 10.3 Å². The number of hydrogen-bond donors (Lipinski definition) is 1. The molecule has 19 heavy (non-hydrogen) atoms. The van der Waals surface area contributed by atoms with Crippen LogP contribution in [0.1, 0.15) is 30.0 Å². The highest BCUT2D eigenvalue weighted by molar-refractivity contribution is 5.32. The summed E-state index contributed by atoms with van der Waals surface area (Å²) in [7, 11) is 0. The number of rotatable bonds is 6. The second-order valence-electron chi connectivity index (χ2n) is 4.62. The Morgan fingerprint density at radius 3 is 2.63 bits per heavy atom. The van der Waals surface area contributed by atoms with Gasteiger partial charge in [-0.3, -0.25) is 4.98 Å². The Balaban J connectivity index is 2.14. The maximum Gasteiger partial charge on any atom is 0.123 e. The van der Waals surface area contributed by atoms with Gasteiger partial charge in [0.25, 0.3) is 0 Å². The highest BCUT2D eigenvalue weighted by Crippen LogP contribution is 2.15. The van der Waals surface area contributed by atoms with Gasteiger partial charge in [0.1, 0.15) is 5.82 Å². The van der Waals surface area contributed by atoms with Crippen LogP contribution in [0, 0.1) is 5.82 Å². The maximum absolute atomic E-state index is 13.4. The van der Waals surface area contributed by atoms with E-state index in [0.29, 0.717) is 6.54 Å². The van der Waals surface area contributed by atoms with Crippen molar-refractivity contribution in [2.24, 2.45) is 0 Å². The van der Waals surface area contributed by atoms with E-state index in [-0.39, 0.29) is 5.82 Å². The van der Waals surface area contributed by atoms with Gasteiger partial charge in [-0.25, -0.2) is 4.39 Å².